The van der Waals surface area contributed by atoms with Crippen LogP contribution in [-0.2, 0) is 17.9 Å². The van der Waals surface area contributed by atoms with E-state index in [1.165, 1.54) is 11.8 Å². The number of methoxy groups -OCH3 is 2. The number of rotatable bonds is 9. The lowest BCUT2D eigenvalue weighted by molar-refractivity contribution is -0.122. The van der Waals surface area contributed by atoms with Gasteiger partial charge in [-0.15, -0.1) is 0 Å². The summed E-state index contributed by atoms with van der Waals surface area (Å²) >= 11 is 17.1. The molecule has 1 amide bonds. The molecule has 0 saturated carbocycles. The summed E-state index contributed by atoms with van der Waals surface area (Å²) in [6, 6.07) is 26.2. The molecule has 1 heterocycles. The smallest absolute Gasteiger partial charge is 0.267 e. The fraction of sp³-hybridized carbons (Fsp3) is 0.125. The number of benzene rings is 4. The Labute approximate surface area is 267 Å². The van der Waals surface area contributed by atoms with Crippen LogP contribution in [0.3, 0.4) is 0 Å². The van der Waals surface area contributed by atoms with Crippen LogP contribution >= 0.6 is 50.9 Å². The molecule has 6 nitrogen and oxygen atoms in total. The van der Waals surface area contributed by atoms with Gasteiger partial charge in [-0.25, -0.2) is 4.99 Å². The summed E-state index contributed by atoms with van der Waals surface area (Å²) in [6.07, 6.45) is 1.83. The minimum absolute atomic E-state index is 0.142. The van der Waals surface area contributed by atoms with Crippen LogP contribution in [0.15, 0.2) is 99.3 Å². The van der Waals surface area contributed by atoms with Crippen molar-refractivity contribution in [1.82, 2.24) is 4.90 Å². The molecule has 0 spiro atoms. The van der Waals surface area contributed by atoms with Gasteiger partial charge in [0, 0.05) is 4.47 Å². The minimum Gasteiger partial charge on any atom is -0.497 e. The molecule has 0 atom stereocenters. The minimum atomic E-state index is -0.142. The fourth-order valence-corrected chi connectivity index (χ4v) is 5.87. The van der Waals surface area contributed by atoms with Crippen LogP contribution in [0, 0.1) is 0 Å². The Morgan fingerprint density at radius 2 is 1.62 bits per heavy atom. The number of hydrogen-bond donors (Lipinski definition) is 0. The molecule has 4 aromatic carbocycles. The maximum absolute atomic E-state index is 13.7. The second-order valence-electron chi connectivity index (χ2n) is 9.14. The number of amidine groups is 1. The molecule has 0 aromatic heterocycles. The van der Waals surface area contributed by atoms with Gasteiger partial charge in [-0.1, -0.05) is 75.5 Å². The van der Waals surface area contributed by atoms with E-state index in [1.807, 2.05) is 78.9 Å². The lowest BCUT2D eigenvalue weighted by Crippen LogP contribution is -2.28. The van der Waals surface area contributed by atoms with E-state index in [-0.39, 0.29) is 12.5 Å². The molecule has 5 rings (SSSR count). The van der Waals surface area contributed by atoms with Gasteiger partial charge < -0.3 is 14.2 Å². The zero-order chi connectivity index (χ0) is 29.6. The van der Waals surface area contributed by atoms with Crippen LogP contribution in [0.4, 0.5) is 5.69 Å². The van der Waals surface area contributed by atoms with Gasteiger partial charge in [-0.05, 0) is 83.1 Å². The van der Waals surface area contributed by atoms with E-state index in [0.29, 0.717) is 38.2 Å². The van der Waals surface area contributed by atoms with Crippen LogP contribution in [-0.4, -0.2) is 30.2 Å². The summed E-state index contributed by atoms with van der Waals surface area (Å²) < 4.78 is 17.7. The van der Waals surface area contributed by atoms with Gasteiger partial charge in [0.05, 0.1) is 41.4 Å². The predicted molar refractivity (Wildman–Crippen MR) is 174 cm³/mol. The van der Waals surface area contributed by atoms with Crippen LogP contribution < -0.4 is 14.2 Å². The first kappa shape index (κ1) is 30.0. The van der Waals surface area contributed by atoms with Gasteiger partial charge >= 0.3 is 0 Å². The fourth-order valence-electron chi connectivity index (χ4n) is 4.12. The first-order valence-corrected chi connectivity index (χ1v) is 15.1. The Kier molecular flexibility index (Phi) is 9.80. The quantitative estimate of drug-likeness (QED) is 0.165. The molecule has 0 N–H and O–H groups in total. The third-order valence-electron chi connectivity index (χ3n) is 6.32. The highest BCUT2D eigenvalue weighted by atomic mass is 79.9. The van der Waals surface area contributed by atoms with E-state index in [1.54, 1.807) is 31.3 Å². The van der Waals surface area contributed by atoms with Crippen LogP contribution in [0.1, 0.15) is 16.7 Å². The number of thioether (sulfide) groups is 1. The van der Waals surface area contributed by atoms with Crippen LogP contribution in [0.25, 0.3) is 6.08 Å². The number of carbonyl (C=O) groups excluding carboxylic acids is 1. The van der Waals surface area contributed by atoms with Crippen molar-refractivity contribution in [3.8, 4) is 17.2 Å². The van der Waals surface area contributed by atoms with Crippen molar-refractivity contribution < 1.29 is 19.0 Å². The molecule has 1 aliphatic rings. The first-order chi connectivity index (χ1) is 20.3. The molecule has 1 aliphatic heterocycles. The second kappa shape index (κ2) is 13.7. The molecule has 0 radical (unpaired) electrons. The molecule has 0 bridgehead atoms. The van der Waals surface area contributed by atoms with E-state index >= 15 is 0 Å². The highest BCUT2D eigenvalue weighted by Gasteiger charge is 2.34. The zero-order valence-electron chi connectivity index (χ0n) is 22.6. The van der Waals surface area contributed by atoms with Gasteiger partial charge in [0.2, 0.25) is 0 Å². The van der Waals surface area contributed by atoms with Crippen molar-refractivity contribution >= 4 is 73.7 Å². The number of ether oxygens (including phenoxy) is 3. The predicted octanol–water partition coefficient (Wildman–Crippen LogP) is 9.16. The number of para-hydroxylation sites is 1. The van der Waals surface area contributed by atoms with E-state index in [9.17, 15) is 4.79 Å². The van der Waals surface area contributed by atoms with Crippen molar-refractivity contribution in [3.05, 3.63) is 121 Å². The normalized spacial score (nSPS) is 15.0. The lowest BCUT2D eigenvalue weighted by Gasteiger charge is -2.16. The molecule has 1 saturated heterocycles. The highest BCUT2D eigenvalue weighted by Crippen LogP contribution is 2.39. The van der Waals surface area contributed by atoms with Crippen molar-refractivity contribution in [2.75, 3.05) is 14.2 Å². The lowest BCUT2D eigenvalue weighted by atomic mass is 10.1. The van der Waals surface area contributed by atoms with Gasteiger partial charge in [0.15, 0.2) is 16.7 Å². The number of aliphatic imine (C=N–C) groups is 1. The summed E-state index contributed by atoms with van der Waals surface area (Å²) in [5.74, 6) is 1.67. The Balaban J connectivity index is 1.43. The van der Waals surface area contributed by atoms with Gasteiger partial charge in [-0.3, -0.25) is 9.69 Å². The number of hydrogen-bond acceptors (Lipinski definition) is 6. The molecule has 0 unspecified atom stereocenters. The molecule has 10 heteroatoms. The molecule has 42 heavy (non-hydrogen) atoms. The van der Waals surface area contributed by atoms with E-state index in [4.69, 9.17) is 42.4 Å². The highest BCUT2D eigenvalue weighted by molar-refractivity contribution is 9.10. The summed E-state index contributed by atoms with van der Waals surface area (Å²) in [7, 11) is 3.20. The Morgan fingerprint density at radius 1 is 0.881 bits per heavy atom. The van der Waals surface area contributed by atoms with Crippen molar-refractivity contribution in [2.24, 2.45) is 4.99 Å². The molecular weight excluding hydrogens is 659 g/mol. The number of carbonyl (C=O) groups is 1. The Morgan fingerprint density at radius 3 is 2.31 bits per heavy atom. The van der Waals surface area contributed by atoms with Crippen LogP contribution in [0.5, 0.6) is 17.2 Å². The van der Waals surface area contributed by atoms with Gasteiger partial charge in [-0.2, -0.15) is 0 Å². The Hall–Kier alpha value is -3.43. The maximum Gasteiger partial charge on any atom is 0.267 e. The molecule has 1 fully saturated rings. The summed E-state index contributed by atoms with van der Waals surface area (Å²) in [5, 5.41) is 1.54. The summed E-state index contributed by atoms with van der Waals surface area (Å²) in [6.45, 7) is 0.638. The third kappa shape index (κ3) is 7.13. The average molecular weight is 684 g/mol. The number of nitrogens with zero attached hydrogens (tertiary/aromatic N) is 2. The van der Waals surface area contributed by atoms with E-state index < -0.39 is 0 Å². The molecular formula is C32H25BrCl2N2O4S. The van der Waals surface area contributed by atoms with Crippen molar-refractivity contribution in [1.29, 1.82) is 0 Å². The Bertz CT molecular complexity index is 1660. The SMILES string of the molecule is COc1ccc(CN2C(=O)/C(=C/c3cc(OC)c(OCc4ccc(Cl)c(Cl)c4)cc3Br)SC2=Nc2ccccc2)cc1. The summed E-state index contributed by atoms with van der Waals surface area (Å²) in [4.78, 5) is 20.7. The largest absolute Gasteiger partial charge is 0.497 e. The second-order valence-corrected chi connectivity index (χ2v) is 11.8. The standard InChI is InChI=1S/C32H25BrCl2N2O4S/c1-39-24-11-8-20(9-12-24)18-37-31(38)30(42-32(37)36-23-6-4-3-5-7-23)16-22-15-28(40-2)29(17-25(22)33)41-19-21-10-13-26(34)27(35)14-21/h3-17H,18-19H2,1-2H3/b30-16-,36-32?. The van der Waals surface area contributed by atoms with Gasteiger partial charge in [0.25, 0.3) is 5.91 Å². The van der Waals surface area contributed by atoms with Gasteiger partial charge in [0.1, 0.15) is 12.4 Å². The third-order valence-corrected chi connectivity index (χ3v) is 8.75. The maximum atomic E-state index is 13.7. The average Bonchev–Trinajstić information content (AvgIpc) is 3.28. The van der Waals surface area contributed by atoms with E-state index in [2.05, 4.69) is 15.9 Å². The number of amides is 1. The molecule has 214 valence electrons. The summed E-state index contributed by atoms with van der Waals surface area (Å²) in [5.41, 5.74) is 3.34. The molecule has 0 aliphatic carbocycles. The monoisotopic (exact) mass is 682 g/mol. The number of halogens is 3. The van der Waals surface area contributed by atoms with Crippen LogP contribution in [0.2, 0.25) is 10.0 Å². The van der Waals surface area contributed by atoms with E-state index in [0.717, 1.165) is 32.6 Å². The zero-order valence-corrected chi connectivity index (χ0v) is 26.6. The first-order valence-electron chi connectivity index (χ1n) is 12.8. The topological polar surface area (TPSA) is 60.4 Å². The molecule has 4 aromatic rings. The van der Waals surface area contributed by atoms with Crippen molar-refractivity contribution in [2.45, 2.75) is 13.2 Å². The van der Waals surface area contributed by atoms with Crippen molar-refractivity contribution in [3.63, 3.8) is 0 Å².